The fourth-order valence-electron chi connectivity index (χ4n) is 3.47. The molecule has 5 nitrogen and oxygen atoms in total. The minimum atomic E-state index is -0.0742. The Morgan fingerprint density at radius 1 is 1.09 bits per heavy atom. The molecule has 114 valence electrons. The third kappa shape index (κ3) is 2.36. The molecule has 1 aliphatic heterocycles. The van der Waals surface area contributed by atoms with Gasteiger partial charge in [0.05, 0.1) is 18.4 Å². The third-order valence-electron chi connectivity index (χ3n) is 4.66. The van der Waals surface area contributed by atoms with Crippen molar-refractivity contribution in [1.82, 2.24) is 9.97 Å². The summed E-state index contributed by atoms with van der Waals surface area (Å²) in [4.78, 5) is 12.4. The highest BCUT2D eigenvalue weighted by atomic mass is 15.3. The number of nitrogens with zero attached hydrogens (tertiary/aromatic N) is 2. The van der Waals surface area contributed by atoms with E-state index < -0.39 is 0 Å². The predicted octanol–water partition coefficient (Wildman–Crippen LogP) is 3.55. The van der Waals surface area contributed by atoms with Crippen LogP contribution in [0.2, 0.25) is 0 Å². The van der Waals surface area contributed by atoms with Crippen LogP contribution >= 0.6 is 0 Å². The largest absolute Gasteiger partial charge is 0.354 e. The fraction of sp³-hybridized carbons (Fsp3) is 0.412. The molecule has 1 aliphatic carbocycles. The second-order valence-electron chi connectivity index (χ2n) is 6.17. The number of aromatic nitrogens is 2. The summed E-state index contributed by atoms with van der Waals surface area (Å²) < 4.78 is 0. The molecule has 1 spiro atoms. The highest BCUT2D eigenvalue weighted by Crippen LogP contribution is 2.38. The number of hydrogen-bond donors (Lipinski definition) is 3. The van der Waals surface area contributed by atoms with Crippen LogP contribution in [0.1, 0.15) is 37.7 Å². The molecular formula is C17H21N5. The average Bonchev–Trinajstić information content (AvgIpc) is 3.01. The number of anilines is 2. The summed E-state index contributed by atoms with van der Waals surface area (Å²) in [5.74, 6) is 2.89. The molecule has 4 rings (SSSR count). The van der Waals surface area contributed by atoms with E-state index in [-0.39, 0.29) is 5.54 Å². The van der Waals surface area contributed by atoms with Crippen molar-refractivity contribution in [1.29, 1.82) is 0 Å². The Bertz CT molecular complexity index is 667. The number of fused-ring (bicyclic) bond motifs is 1. The molecule has 1 aromatic heterocycles. The topological polar surface area (TPSA) is 65.1 Å². The van der Waals surface area contributed by atoms with Crippen LogP contribution in [0.3, 0.4) is 0 Å². The first kappa shape index (κ1) is 13.4. The number of H-pyrrole nitrogens is 1. The van der Waals surface area contributed by atoms with Crippen LogP contribution in [-0.4, -0.2) is 21.3 Å². The van der Waals surface area contributed by atoms with Gasteiger partial charge in [-0.3, -0.25) is 4.99 Å². The number of rotatable bonds is 2. The quantitative estimate of drug-likeness (QED) is 0.794. The minimum absolute atomic E-state index is 0.0742. The maximum atomic E-state index is 4.90. The number of aromatic amines is 1. The van der Waals surface area contributed by atoms with Gasteiger partial charge >= 0.3 is 0 Å². The van der Waals surface area contributed by atoms with Crippen molar-refractivity contribution in [2.75, 3.05) is 10.6 Å². The van der Waals surface area contributed by atoms with Crippen molar-refractivity contribution < 1.29 is 0 Å². The molecule has 1 fully saturated rings. The van der Waals surface area contributed by atoms with E-state index in [0.717, 1.165) is 30.3 Å². The van der Waals surface area contributed by atoms with Crippen molar-refractivity contribution in [3.05, 3.63) is 42.2 Å². The second kappa shape index (κ2) is 5.48. The van der Waals surface area contributed by atoms with Crippen LogP contribution in [0.5, 0.6) is 0 Å². The van der Waals surface area contributed by atoms with Gasteiger partial charge in [0.15, 0.2) is 11.6 Å². The van der Waals surface area contributed by atoms with Gasteiger partial charge in [0.1, 0.15) is 5.84 Å². The van der Waals surface area contributed by atoms with Crippen molar-refractivity contribution in [3.63, 3.8) is 0 Å². The normalized spacial score (nSPS) is 21.2. The molecule has 2 aliphatic rings. The summed E-state index contributed by atoms with van der Waals surface area (Å²) in [5, 5.41) is 7.12. The lowest BCUT2D eigenvalue weighted by Crippen LogP contribution is -2.53. The van der Waals surface area contributed by atoms with Crippen molar-refractivity contribution in [2.45, 2.75) is 44.2 Å². The smallest absolute Gasteiger partial charge is 0.169 e. The molecule has 0 unspecified atom stereocenters. The Morgan fingerprint density at radius 3 is 2.73 bits per heavy atom. The molecular weight excluding hydrogens is 274 g/mol. The Morgan fingerprint density at radius 2 is 1.91 bits per heavy atom. The zero-order valence-corrected chi connectivity index (χ0v) is 12.6. The van der Waals surface area contributed by atoms with Gasteiger partial charge in [0.2, 0.25) is 0 Å². The van der Waals surface area contributed by atoms with E-state index in [1.165, 1.54) is 24.8 Å². The molecule has 5 heteroatoms. The monoisotopic (exact) mass is 295 g/mol. The summed E-state index contributed by atoms with van der Waals surface area (Å²) in [5.41, 5.74) is 1.16. The Balaban J connectivity index is 1.65. The second-order valence-corrected chi connectivity index (χ2v) is 6.17. The first-order valence-electron chi connectivity index (χ1n) is 8.03. The van der Waals surface area contributed by atoms with Crippen molar-refractivity contribution >= 4 is 17.5 Å². The average molecular weight is 295 g/mol. The Hall–Kier alpha value is -2.30. The number of imidazole rings is 1. The predicted molar refractivity (Wildman–Crippen MR) is 89.2 cm³/mol. The number of hydrogen-bond acceptors (Lipinski definition) is 3. The molecule has 0 radical (unpaired) electrons. The third-order valence-corrected chi connectivity index (χ3v) is 4.66. The lowest BCUT2D eigenvalue weighted by Gasteiger charge is -2.42. The molecule has 0 saturated heterocycles. The summed E-state index contributed by atoms with van der Waals surface area (Å²) in [6.07, 6.45) is 7.72. The number of amidine groups is 1. The van der Waals surface area contributed by atoms with Gasteiger partial charge in [0.25, 0.3) is 0 Å². The van der Waals surface area contributed by atoms with Crippen molar-refractivity contribution in [3.8, 4) is 0 Å². The molecule has 0 amide bonds. The van der Waals surface area contributed by atoms with Gasteiger partial charge in [-0.05, 0) is 18.4 Å². The first-order valence-corrected chi connectivity index (χ1v) is 8.03. The number of aliphatic imine (C=N–C) groups is 1. The van der Waals surface area contributed by atoms with Crippen LogP contribution in [-0.2, 0) is 6.54 Å². The van der Waals surface area contributed by atoms with E-state index >= 15 is 0 Å². The summed E-state index contributed by atoms with van der Waals surface area (Å²) >= 11 is 0. The highest BCUT2D eigenvalue weighted by molar-refractivity contribution is 6.08. The summed E-state index contributed by atoms with van der Waals surface area (Å²) in [7, 11) is 0. The summed E-state index contributed by atoms with van der Waals surface area (Å²) in [6, 6.07) is 10.4. The number of benzene rings is 1. The molecule has 22 heavy (non-hydrogen) atoms. The van der Waals surface area contributed by atoms with E-state index in [2.05, 4.69) is 44.9 Å². The summed E-state index contributed by atoms with van der Waals surface area (Å²) in [6.45, 7) is 0.704. The van der Waals surface area contributed by atoms with Gasteiger partial charge in [0, 0.05) is 0 Å². The van der Waals surface area contributed by atoms with Crippen LogP contribution < -0.4 is 10.6 Å². The highest BCUT2D eigenvalue weighted by Gasteiger charge is 2.41. The van der Waals surface area contributed by atoms with Crippen molar-refractivity contribution in [2.24, 2.45) is 4.99 Å². The fourth-order valence-corrected chi connectivity index (χ4v) is 3.47. The molecule has 0 bridgehead atoms. The molecule has 1 aromatic carbocycles. The first-order chi connectivity index (χ1) is 10.9. The molecule has 3 N–H and O–H groups in total. The standard InChI is InChI=1S/C17H21N5/c1-3-7-13(8-4-1)11-18-16-17(9-5-2-6-10-17)22-15-14(21-16)19-12-20-15/h1,3-4,7-8,12,22H,2,5-6,9-11H2,(H,18,21)(H,19,20). The molecule has 0 atom stereocenters. The molecule has 1 saturated carbocycles. The van der Waals surface area contributed by atoms with Gasteiger partial charge in [-0.25, -0.2) is 4.98 Å². The van der Waals surface area contributed by atoms with Gasteiger partial charge < -0.3 is 15.6 Å². The van der Waals surface area contributed by atoms with Gasteiger partial charge in [-0.2, -0.15) is 0 Å². The molecule has 2 aromatic rings. The zero-order valence-electron chi connectivity index (χ0n) is 12.6. The van der Waals surface area contributed by atoms with E-state index in [9.17, 15) is 0 Å². The van der Waals surface area contributed by atoms with Gasteiger partial charge in [-0.15, -0.1) is 0 Å². The Labute approximate surface area is 130 Å². The maximum absolute atomic E-state index is 4.90. The lowest BCUT2D eigenvalue weighted by molar-refractivity contribution is 0.402. The maximum Gasteiger partial charge on any atom is 0.169 e. The van der Waals surface area contributed by atoms with E-state index in [0.29, 0.717) is 6.54 Å². The van der Waals surface area contributed by atoms with E-state index in [1.807, 2.05) is 6.07 Å². The van der Waals surface area contributed by atoms with Gasteiger partial charge in [-0.1, -0.05) is 49.6 Å². The van der Waals surface area contributed by atoms with Crippen LogP contribution in [0.15, 0.2) is 41.7 Å². The van der Waals surface area contributed by atoms with Crippen LogP contribution in [0.4, 0.5) is 11.6 Å². The van der Waals surface area contributed by atoms with Crippen LogP contribution in [0, 0.1) is 0 Å². The van der Waals surface area contributed by atoms with Crippen LogP contribution in [0.25, 0.3) is 0 Å². The minimum Gasteiger partial charge on any atom is -0.354 e. The Kier molecular flexibility index (Phi) is 3.33. The SMILES string of the molecule is c1ccc(CN=C2Nc3[nH]cnc3NC23CCCCC3)cc1. The number of nitrogens with one attached hydrogen (secondary N) is 3. The van der Waals surface area contributed by atoms with E-state index in [1.54, 1.807) is 6.33 Å². The molecule has 2 heterocycles. The van der Waals surface area contributed by atoms with E-state index in [4.69, 9.17) is 4.99 Å². The lowest BCUT2D eigenvalue weighted by atomic mass is 9.79. The zero-order chi connectivity index (χ0) is 14.8.